The molecule has 1 saturated heterocycles. The van der Waals surface area contributed by atoms with Gasteiger partial charge in [-0.1, -0.05) is 12.1 Å². The van der Waals surface area contributed by atoms with E-state index < -0.39 is 0 Å². The molecule has 31 heavy (non-hydrogen) atoms. The first-order valence-corrected chi connectivity index (χ1v) is 10.1. The average Bonchev–Trinajstić information content (AvgIpc) is 3.29. The van der Waals surface area contributed by atoms with Gasteiger partial charge in [-0.25, -0.2) is 14.2 Å². The van der Waals surface area contributed by atoms with Crippen molar-refractivity contribution in [3.63, 3.8) is 0 Å². The topological polar surface area (TPSA) is 75.9 Å². The van der Waals surface area contributed by atoms with Crippen LogP contribution >= 0.6 is 0 Å². The monoisotopic (exact) mass is 423 g/mol. The van der Waals surface area contributed by atoms with Crippen LogP contribution in [0.15, 0.2) is 59.1 Å². The third-order valence-electron chi connectivity index (χ3n) is 5.12. The van der Waals surface area contributed by atoms with E-state index in [9.17, 15) is 14.0 Å². The van der Waals surface area contributed by atoms with Gasteiger partial charge in [-0.05, 0) is 43.3 Å². The molecule has 1 aliphatic heterocycles. The van der Waals surface area contributed by atoms with E-state index >= 15 is 0 Å². The van der Waals surface area contributed by atoms with Gasteiger partial charge in [-0.2, -0.15) is 0 Å². The number of nitrogens with zero attached hydrogens (tertiary/aromatic N) is 3. The molecule has 0 bridgehead atoms. The zero-order chi connectivity index (χ0) is 21.8. The molecule has 7 nitrogen and oxygen atoms in total. The van der Waals surface area contributed by atoms with Gasteiger partial charge in [0.05, 0.1) is 18.4 Å². The summed E-state index contributed by atoms with van der Waals surface area (Å²) in [4.78, 5) is 32.7. The minimum atomic E-state index is -0.358. The van der Waals surface area contributed by atoms with Gasteiger partial charge in [-0.3, -0.25) is 4.79 Å². The standard InChI is InChI=1S/C23H22FN3O4/c1-2-30-23(29)27-13-11-26(12-14-27)22(28)19-6-4-3-5-18(19)21-25-15-20(31-21)16-7-9-17(24)10-8-16/h3-10,15H,2,11-14H2,1H3. The van der Waals surface area contributed by atoms with Crippen molar-refractivity contribution in [1.82, 2.24) is 14.8 Å². The highest BCUT2D eigenvalue weighted by molar-refractivity contribution is 6.00. The number of halogens is 1. The zero-order valence-electron chi connectivity index (χ0n) is 17.1. The minimum absolute atomic E-state index is 0.152. The van der Waals surface area contributed by atoms with Gasteiger partial charge < -0.3 is 19.0 Å². The quantitative estimate of drug-likeness (QED) is 0.633. The van der Waals surface area contributed by atoms with E-state index in [1.165, 1.54) is 12.1 Å². The number of carbonyl (C=O) groups is 2. The Hall–Kier alpha value is -3.68. The fourth-order valence-corrected chi connectivity index (χ4v) is 3.48. The molecule has 0 unspecified atom stereocenters. The van der Waals surface area contributed by atoms with E-state index in [1.54, 1.807) is 53.3 Å². The third-order valence-corrected chi connectivity index (χ3v) is 5.12. The minimum Gasteiger partial charge on any atom is -0.450 e. The number of hydrogen-bond donors (Lipinski definition) is 0. The largest absolute Gasteiger partial charge is 0.450 e. The molecule has 0 radical (unpaired) electrons. The first-order chi connectivity index (χ1) is 15.1. The smallest absolute Gasteiger partial charge is 0.409 e. The maximum Gasteiger partial charge on any atom is 0.409 e. The van der Waals surface area contributed by atoms with Crippen LogP contribution < -0.4 is 0 Å². The Morgan fingerprint density at radius 2 is 1.71 bits per heavy atom. The predicted octanol–water partition coefficient (Wildman–Crippen LogP) is 4.06. The van der Waals surface area contributed by atoms with Crippen molar-refractivity contribution in [3.05, 3.63) is 66.1 Å². The molecule has 0 N–H and O–H groups in total. The van der Waals surface area contributed by atoms with Crippen molar-refractivity contribution in [2.45, 2.75) is 6.92 Å². The van der Waals surface area contributed by atoms with Crippen LogP contribution in [0.5, 0.6) is 0 Å². The van der Waals surface area contributed by atoms with Gasteiger partial charge in [0.1, 0.15) is 5.82 Å². The normalized spacial score (nSPS) is 13.9. The second kappa shape index (κ2) is 8.99. The fourth-order valence-electron chi connectivity index (χ4n) is 3.48. The maximum absolute atomic E-state index is 13.2. The van der Waals surface area contributed by atoms with Gasteiger partial charge in [0.2, 0.25) is 5.89 Å². The molecule has 1 aromatic heterocycles. The van der Waals surface area contributed by atoms with Gasteiger partial charge in [-0.15, -0.1) is 0 Å². The lowest BCUT2D eigenvalue weighted by atomic mass is 10.1. The predicted molar refractivity (Wildman–Crippen MR) is 112 cm³/mol. The van der Waals surface area contributed by atoms with Gasteiger partial charge >= 0.3 is 6.09 Å². The highest BCUT2D eigenvalue weighted by Crippen LogP contribution is 2.29. The Bertz CT molecular complexity index is 1070. The van der Waals surface area contributed by atoms with Gasteiger partial charge in [0.25, 0.3) is 5.91 Å². The average molecular weight is 423 g/mol. The lowest BCUT2D eigenvalue weighted by molar-refractivity contribution is 0.0571. The summed E-state index contributed by atoms with van der Waals surface area (Å²) >= 11 is 0. The highest BCUT2D eigenvalue weighted by Gasteiger charge is 2.27. The maximum atomic E-state index is 13.2. The lowest BCUT2D eigenvalue weighted by Crippen LogP contribution is -2.50. The molecule has 1 aliphatic rings. The summed E-state index contributed by atoms with van der Waals surface area (Å²) in [6.45, 7) is 3.75. The first-order valence-electron chi connectivity index (χ1n) is 10.1. The molecule has 2 amide bonds. The summed E-state index contributed by atoms with van der Waals surface area (Å²) in [6.07, 6.45) is 1.20. The number of rotatable bonds is 4. The van der Waals surface area contributed by atoms with Crippen LogP contribution in [0.1, 0.15) is 17.3 Å². The van der Waals surface area contributed by atoms with Crippen molar-refractivity contribution < 1.29 is 23.1 Å². The van der Waals surface area contributed by atoms with Gasteiger partial charge in [0.15, 0.2) is 5.76 Å². The summed E-state index contributed by atoms with van der Waals surface area (Å²) < 4.78 is 24.1. The number of ether oxygens (including phenoxy) is 1. The molecule has 160 valence electrons. The Labute approximate surface area is 179 Å². The Morgan fingerprint density at radius 3 is 2.42 bits per heavy atom. The SMILES string of the molecule is CCOC(=O)N1CCN(C(=O)c2ccccc2-c2ncc(-c3ccc(F)cc3)o2)CC1. The molecule has 1 fully saturated rings. The Kier molecular flexibility index (Phi) is 5.97. The molecular formula is C23H22FN3O4. The summed E-state index contributed by atoms with van der Waals surface area (Å²) in [5.41, 5.74) is 1.74. The van der Waals surface area contributed by atoms with Crippen molar-refractivity contribution in [1.29, 1.82) is 0 Å². The number of carbonyl (C=O) groups excluding carboxylic acids is 2. The number of amides is 2. The molecule has 0 atom stereocenters. The molecule has 0 saturated carbocycles. The number of benzene rings is 2. The van der Waals surface area contributed by atoms with Crippen molar-refractivity contribution >= 4 is 12.0 Å². The molecule has 4 rings (SSSR count). The Balaban J connectivity index is 1.52. The van der Waals surface area contributed by atoms with Crippen molar-refractivity contribution in [2.24, 2.45) is 0 Å². The molecule has 8 heteroatoms. The summed E-state index contributed by atoms with van der Waals surface area (Å²) in [5, 5.41) is 0. The third kappa shape index (κ3) is 4.42. The van der Waals surface area contributed by atoms with Crippen LogP contribution in [-0.2, 0) is 4.74 Å². The van der Waals surface area contributed by atoms with E-state index in [1.807, 2.05) is 6.07 Å². The van der Waals surface area contributed by atoms with E-state index in [0.717, 1.165) is 0 Å². The summed E-state index contributed by atoms with van der Waals surface area (Å²) in [6, 6.07) is 13.0. The van der Waals surface area contributed by atoms with Crippen LogP contribution in [0, 0.1) is 5.82 Å². The first kappa shape index (κ1) is 20.6. The van der Waals surface area contributed by atoms with Crippen LogP contribution in [0.25, 0.3) is 22.8 Å². The van der Waals surface area contributed by atoms with Crippen LogP contribution in [-0.4, -0.2) is 59.6 Å². The van der Waals surface area contributed by atoms with E-state index in [2.05, 4.69) is 4.98 Å². The lowest BCUT2D eigenvalue weighted by Gasteiger charge is -2.34. The van der Waals surface area contributed by atoms with E-state index in [0.29, 0.717) is 61.1 Å². The number of hydrogen-bond acceptors (Lipinski definition) is 5. The van der Waals surface area contributed by atoms with Gasteiger partial charge in [0, 0.05) is 37.3 Å². The van der Waals surface area contributed by atoms with Crippen LogP contribution in [0.4, 0.5) is 9.18 Å². The Morgan fingerprint density at radius 1 is 1.03 bits per heavy atom. The molecule has 2 aromatic carbocycles. The second-order valence-electron chi connectivity index (χ2n) is 7.06. The van der Waals surface area contributed by atoms with Crippen LogP contribution in [0.2, 0.25) is 0 Å². The van der Waals surface area contributed by atoms with Crippen LogP contribution in [0.3, 0.4) is 0 Å². The van der Waals surface area contributed by atoms with E-state index in [4.69, 9.17) is 9.15 Å². The summed E-state index contributed by atoms with van der Waals surface area (Å²) in [5.74, 6) is 0.317. The highest BCUT2D eigenvalue weighted by atomic mass is 19.1. The molecule has 0 aliphatic carbocycles. The van der Waals surface area contributed by atoms with E-state index in [-0.39, 0.29) is 17.8 Å². The zero-order valence-corrected chi connectivity index (χ0v) is 17.1. The fraction of sp³-hybridized carbons (Fsp3) is 0.261. The molecule has 2 heterocycles. The number of piperazine rings is 1. The van der Waals surface area contributed by atoms with Crippen molar-refractivity contribution in [2.75, 3.05) is 32.8 Å². The molecular weight excluding hydrogens is 401 g/mol. The van der Waals surface area contributed by atoms with Crippen molar-refractivity contribution in [3.8, 4) is 22.8 Å². The second-order valence-corrected chi connectivity index (χ2v) is 7.06. The summed E-state index contributed by atoms with van der Waals surface area (Å²) in [7, 11) is 0. The number of oxazole rings is 1. The molecule has 0 spiro atoms. The number of aromatic nitrogens is 1. The molecule has 3 aromatic rings.